The standard InChI is InChI=1S/C12H22BrN/c1-9-8-14-12(13)7-11(9)10-5-3-2-4-6-10/h9-12,14H,2-8H2,1H3. The summed E-state index contributed by atoms with van der Waals surface area (Å²) in [5, 5.41) is 3.52. The fraction of sp³-hybridized carbons (Fsp3) is 1.00. The highest BCUT2D eigenvalue weighted by Crippen LogP contribution is 2.38. The number of piperidine rings is 1. The molecule has 0 aromatic heterocycles. The molecule has 14 heavy (non-hydrogen) atoms. The van der Waals surface area contributed by atoms with Gasteiger partial charge in [-0.1, -0.05) is 55.0 Å². The summed E-state index contributed by atoms with van der Waals surface area (Å²) in [6.45, 7) is 3.63. The van der Waals surface area contributed by atoms with Gasteiger partial charge >= 0.3 is 0 Å². The molecule has 2 fully saturated rings. The minimum atomic E-state index is 0.575. The SMILES string of the molecule is CC1CNC(Br)CC1C1CCCCC1. The van der Waals surface area contributed by atoms with Crippen LogP contribution in [0, 0.1) is 17.8 Å². The Morgan fingerprint density at radius 3 is 2.57 bits per heavy atom. The molecule has 0 aromatic carbocycles. The highest BCUT2D eigenvalue weighted by Gasteiger charge is 2.32. The summed E-state index contributed by atoms with van der Waals surface area (Å²) in [6, 6.07) is 0. The van der Waals surface area contributed by atoms with Crippen LogP contribution in [-0.2, 0) is 0 Å². The predicted molar refractivity (Wildman–Crippen MR) is 64.6 cm³/mol. The molecule has 1 saturated carbocycles. The zero-order valence-electron chi connectivity index (χ0n) is 9.14. The van der Waals surface area contributed by atoms with E-state index in [9.17, 15) is 0 Å². The van der Waals surface area contributed by atoms with Gasteiger partial charge in [0.2, 0.25) is 0 Å². The van der Waals surface area contributed by atoms with Gasteiger partial charge in [-0.25, -0.2) is 0 Å². The summed E-state index contributed by atoms with van der Waals surface area (Å²) in [5.74, 6) is 2.88. The minimum Gasteiger partial charge on any atom is -0.305 e. The number of alkyl halides is 1. The van der Waals surface area contributed by atoms with Crippen molar-refractivity contribution in [1.82, 2.24) is 5.32 Å². The lowest BCUT2D eigenvalue weighted by molar-refractivity contribution is 0.145. The maximum absolute atomic E-state index is 3.71. The highest BCUT2D eigenvalue weighted by atomic mass is 79.9. The van der Waals surface area contributed by atoms with E-state index in [1.807, 2.05) is 0 Å². The van der Waals surface area contributed by atoms with Crippen LogP contribution in [0.15, 0.2) is 0 Å². The van der Waals surface area contributed by atoms with Crippen LogP contribution in [0.2, 0.25) is 0 Å². The first-order valence-corrected chi connectivity index (χ1v) is 7.06. The Hall–Kier alpha value is 0.440. The summed E-state index contributed by atoms with van der Waals surface area (Å²) in [6.07, 6.45) is 8.77. The number of hydrogen-bond acceptors (Lipinski definition) is 1. The molecule has 2 heteroatoms. The zero-order valence-corrected chi connectivity index (χ0v) is 10.7. The van der Waals surface area contributed by atoms with Gasteiger partial charge in [-0.05, 0) is 30.7 Å². The molecule has 0 aromatic rings. The summed E-state index contributed by atoms with van der Waals surface area (Å²) in [7, 11) is 0. The molecule has 0 bridgehead atoms. The first kappa shape index (κ1) is 10.9. The third-order valence-corrected chi connectivity index (χ3v) is 4.82. The molecule has 3 atom stereocenters. The second-order valence-corrected chi connectivity index (χ2v) is 6.26. The Labute approximate surface area is 96.2 Å². The summed E-state index contributed by atoms with van der Waals surface area (Å²) < 4.78 is 0. The maximum Gasteiger partial charge on any atom is 0.0633 e. The molecular weight excluding hydrogens is 238 g/mol. The van der Waals surface area contributed by atoms with Gasteiger partial charge in [-0.2, -0.15) is 0 Å². The fourth-order valence-electron chi connectivity index (χ4n) is 3.24. The molecule has 1 aliphatic carbocycles. The summed E-state index contributed by atoms with van der Waals surface area (Å²) >= 11 is 3.71. The van der Waals surface area contributed by atoms with Crippen LogP contribution in [0.5, 0.6) is 0 Å². The van der Waals surface area contributed by atoms with Crippen molar-refractivity contribution >= 4 is 15.9 Å². The van der Waals surface area contributed by atoms with Crippen LogP contribution < -0.4 is 5.32 Å². The largest absolute Gasteiger partial charge is 0.305 e. The van der Waals surface area contributed by atoms with Crippen LogP contribution in [0.4, 0.5) is 0 Å². The number of rotatable bonds is 1. The smallest absolute Gasteiger partial charge is 0.0633 e. The van der Waals surface area contributed by atoms with E-state index in [2.05, 4.69) is 28.2 Å². The quantitative estimate of drug-likeness (QED) is 0.561. The van der Waals surface area contributed by atoms with E-state index in [1.165, 1.54) is 45.1 Å². The average Bonchev–Trinajstić information content (AvgIpc) is 2.23. The molecule has 1 aliphatic heterocycles. The van der Waals surface area contributed by atoms with E-state index >= 15 is 0 Å². The third-order valence-electron chi connectivity index (χ3n) is 4.13. The van der Waals surface area contributed by atoms with E-state index in [4.69, 9.17) is 0 Å². The van der Waals surface area contributed by atoms with Crippen LogP contribution in [0.1, 0.15) is 45.4 Å². The van der Waals surface area contributed by atoms with Gasteiger partial charge in [0.25, 0.3) is 0 Å². The summed E-state index contributed by atoms with van der Waals surface area (Å²) in [5.41, 5.74) is 0. The van der Waals surface area contributed by atoms with Gasteiger partial charge in [-0.3, -0.25) is 0 Å². The Morgan fingerprint density at radius 2 is 1.86 bits per heavy atom. The molecule has 1 nitrogen and oxygen atoms in total. The number of hydrogen-bond donors (Lipinski definition) is 1. The fourth-order valence-corrected chi connectivity index (χ4v) is 3.86. The molecule has 3 unspecified atom stereocenters. The summed E-state index contributed by atoms with van der Waals surface area (Å²) in [4.78, 5) is 0.575. The number of halogens is 1. The van der Waals surface area contributed by atoms with E-state index < -0.39 is 0 Å². The van der Waals surface area contributed by atoms with Crippen LogP contribution in [-0.4, -0.2) is 11.5 Å². The van der Waals surface area contributed by atoms with Gasteiger partial charge in [0.1, 0.15) is 0 Å². The van der Waals surface area contributed by atoms with Crippen molar-refractivity contribution in [2.75, 3.05) is 6.54 Å². The molecule has 0 spiro atoms. The Kier molecular flexibility index (Phi) is 3.89. The number of nitrogens with one attached hydrogen (secondary N) is 1. The highest BCUT2D eigenvalue weighted by molar-refractivity contribution is 9.09. The lowest BCUT2D eigenvalue weighted by Crippen LogP contribution is -2.42. The van der Waals surface area contributed by atoms with Crippen molar-refractivity contribution in [3.05, 3.63) is 0 Å². The molecule has 2 rings (SSSR count). The van der Waals surface area contributed by atoms with Crippen molar-refractivity contribution in [2.24, 2.45) is 17.8 Å². The Morgan fingerprint density at radius 1 is 1.14 bits per heavy atom. The second-order valence-electron chi connectivity index (χ2n) is 5.15. The normalized spacial score (nSPS) is 41.1. The molecule has 0 amide bonds. The van der Waals surface area contributed by atoms with E-state index in [0.717, 1.165) is 17.8 Å². The molecule has 1 heterocycles. The maximum atomic E-state index is 3.71. The lowest BCUT2D eigenvalue weighted by Gasteiger charge is -2.39. The monoisotopic (exact) mass is 259 g/mol. The van der Waals surface area contributed by atoms with E-state index in [0.29, 0.717) is 4.95 Å². The molecule has 2 aliphatic rings. The molecule has 1 saturated heterocycles. The van der Waals surface area contributed by atoms with E-state index in [-0.39, 0.29) is 0 Å². The Bertz CT molecular complexity index is 177. The first-order chi connectivity index (χ1) is 6.77. The predicted octanol–water partition coefficient (Wildman–Crippen LogP) is 3.53. The molecule has 82 valence electrons. The lowest BCUT2D eigenvalue weighted by atomic mass is 9.72. The Balaban J connectivity index is 1.92. The molecule has 0 radical (unpaired) electrons. The van der Waals surface area contributed by atoms with Crippen LogP contribution >= 0.6 is 15.9 Å². The average molecular weight is 260 g/mol. The van der Waals surface area contributed by atoms with E-state index in [1.54, 1.807) is 0 Å². The molecule has 1 N–H and O–H groups in total. The van der Waals surface area contributed by atoms with Crippen molar-refractivity contribution in [3.8, 4) is 0 Å². The molecular formula is C12H22BrN. The van der Waals surface area contributed by atoms with Gasteiger partial charge < -0.3 is 5.32 Å². The second kappa shape index (κ2) is 4.98. The van der Waals surface area contributed by atoms with Gasteiger partial charge in [-0.15, -0.1) is 0 Å². The van der Waals surface area contributed by atoms with Gasteiger partial charge in [0.15, 0.2) is 0 Å². The zero-order chi connectivity index (χ0) is 9.97. The van der Waals surface area contributed by atoms with Crippen LogP contribution in [0.25, 0.3) is 0 Å². The van der Waals surface area contributed by atoms with Crippen molar-refractivity contribution in [3.63, 3.8) is 0 Å². The third kappa shape index (κ3) is 2.52. The van der Waals surface area contributed by atoms with Gasteiger partial charge in [0, 0.05) is 0 Å². The van der Waals surface area contributed by atoms with Crippen molar-refractivity contribution < 1.29 is 0 Å². The topological polar surface area (TPSA) is 12.0 Å². The van der Waals surface area contributed by atoms with Gasteiger partial charge in [0.05, 0.1) is 4.95 Å². The minimum absolute atomic E-state index is 0.575. The van der Waals surface area contributed by atoms with Crippen LogP contribution in [0.3, 0.4) is 0 Å². The first-order valence-electron chi connectivity index (χ1n) is 6.15. The van der Waals surface area contributed by atoms with Crippen molar-refractivity contribution in [2.45, 2.75) is 50.4 Å². The van der Waals surface area contributed by atoms with Crippen molar-refractivity contribution in [1.29, 1.82) is 0 Å².